The molecule has 0 spiro atoms. The predicted molar refractivity (Wildman–Crippen MR) is 174 cm³/mol. The SMILES string of the molecule is [2H]c1c([2H])c([2H])c(-c2c([2H])c([2H])c3c([2H])c([2H])c4c(-c5c6ccccc6cc6ccc7ccccc7c56)c([2H])c([2H])c5c([2H])cc2c3c54)c([2H])c1[2H]. The standard InChI is InChI=1S/C40H24/c1-2-8-25(9-3-1)31-20-16-27-18-22-35-36(23-19-28-17-21-34(31)37(27)38(28)35)40-33-13-7-5-11-29(33)24-30-15-14-26-10-4-6-12-32(26)39(30)40/h1-24H/i1D,2D,3D,8D,9D,16D,17D,18D,19D,20D,22D,23D. The van der Waals surface area contributed by atoms with Gasteiger partial charge in [0, 0.05) is 0 Å². The first kappa shape index (κ1) is 13.2. The van der Waals surface area contributed by atoms with Gasteiger partial charge >= 0.3 is 0 Å². The van der Waals surface area contributed by atoms with E-state index in [2.05, 4.69) is 6.07 Å². The second-order valence-electron chi connectivity index (χ2n) is 9.93. The van der Waals surface area contributed by atoms with Gasteiger partial charge in [-0.1, -0.05) is 139 Å². The molecule has 0 saturated carbocycles. The summed E-state index contributed by atoms with van der Waals surface area (Å²) >= 11 is 0. The summed E-state index contributed by atoms with van der Waals surface area (Å²) in [4.78, 5) is 0. The van der Waals surface area contributed by atoms with Crippen LogP contribution in [0.5, 0.6) is 0 Å². The molecular formula is C40H24. The van der Waals surface area contributed by atoms with Crippen LogP contribution in [0.2, 0.25) is 0 Å². The zero-order chi connectivity index (χ0) is 36.7. The fourth-order valence-corrected chi connectivity index (χ4v) is 6.12. The van der Waals surface area contributed by atoms with Crippen LogP contribution < -0.4 is 0 Å². The molecule has 0 N–H and O–H groups in total. The van der Waals surface area contributed by atoms with Crippen molar-refractivity contribution in [1.29, 1.82) is 0 Å². The molecule has 0 heteroatoms. The lowest BCUT2D eigenvalue weighted by atomic mass is 9.84. The summed E-state index contributed by atoms with van der Waals surface area (Å²) in [5.74, 6) is 0. The quantitative estimate of drug-likeness (QED) is 0.158. The lowest BCUT2D eigenvalue weighted by molar-refractivity contribution is 1.66. The van der Waals surface area contributed by atoms with E-state index in [1.54, 1.807) is 0 Å². The molecule has 0 nitrogen and oxygen atoms in total. The van der Waals surface area contributed by atoms with Crippen LogP contribution in [-0.4, -0.2) is 0 Å². The van der Waals surface area contributed by atoms with Gasteiger partial charge in [-0.05, 0) is 93.0 Å². The molecule has 0 aliphatic rings. The highest BCUT2D eigenvalue weighted by molar-refractivity contribution is 6.30. The third-order valence-electron chi connectivity index (χ3n) is 7.84. The maximum Gasteiger partial charge on any atom is 0.0630 e. The Morgan fingerprint density at radius 2 is 1.05 bits per heavy atom. The van der Waals surface area contributed by atoms with Crippen LogP contribution in [0.3, 0.4) is 0 Å². The molecule has 184 valence electrons. The first-order valence-electron chi connectivity index (χ1n) is 19.0. The van der Waals surface area contributed by atoms with Crippen LogP contribution in [0.15, 0.2) is 145 Å². The van der Waals surface area contributed by atoms with Gasteiger partial charge in [0.1, 0.15) is 0 Å². The van der Waals surface area contributed by atoms with E-state index >= 15 is 0 Å². The second-order valence-corrected chi connectivity index (χ2v) is 9.93. The summed E-state index contributed by atoms with van der Waals surface area (Å²) in [6.45, 7) is 0. The molecule has 0 radical (unpaired) electrons. The number of hydrogen-bond acceptors (Lipinski definition) is 0. The monoisotopic (exact) mass is 516 g/mol. The molecule has 0 fully saturated rings. The summed E-state index contributed by atoms with van der Waals surface area (Å²) < 4.78 is 108. The van der Waals surface area contributed by atoms with Crippen LogP contribution in [0.25, 0.3) is 86.9 Å². The largest absolute Gasteiger partial charge is 0.0630 e. The maximum atomic E-state index is 9.56. The normalized spacial score (nSPS) is 16.2. The van der Waals surface area contributed by atoms with Crippen molar-refractivity contribution in [1.82, 2.24) is 0 Å². The Kier molecular flexibility index (Phi) is 2.70. The minimum Gasteiger partial charge on any atom is -0.0622 e. The molecule has 0 unspecified atom stereocenters. The average molecular weight is 517 g/mol. The highest BCUT2D eigenvalue weighted by Crippen LogP contribution is 2.46. The summed E-state index contributed by atoms with van der Waals surface area (Å²) in [7, 11) is 0. The highest BCUT2D eigenvalue weighted by Gasteiger charge is 2.18. The minimum absolute atomic E-state index is 0.0216. The van der Waals surface area contributed by atoms with Gasteiger partial charge in [-0.25, -0.2) is 0 Å². The van der Waals surface area contributed by atoms with Crippen molar-refractivity contribution in [2.24, 2.45) is 0 Å². The van der Waals surface area contributed by atoms with Crippen LogP contribution in [0.1, 0.15) is 16.4 Å². The Labute approximate surface area is 248 Å². The van der Waals surface area contributed by atoms with Crippen molar-refractivity contribution in [2.75, 3.05) is 0 Å². The molecular weight excluding hydrogens is 480 g/mol. The molecule has 0 aliphatic carbocycles. The third kappa shape index (κ3) is 2.96. The second kappa shape index (κ2) is 8.15. The molecule has 9 aromatic carbocycles. The number of benzene rings is 9. The van der Waals surface area contributed by atoms with Gasteiger partial charge in [0.15, 0.2) is 0 Å². The molecule has 40 heavy (non-hydrogen) atoms. The Morgan fingerprint density at radius 1 is 0.375 bits per heavy atom. The predicted octanol–water partition coefficient (Wildman–Crippen LogP) is 11.4. The summed E-state index contributed by atoms with van der Waals surface area (Å²) in [6.07, 6.45) is 0. The number of fused-ring (bicyclic) bond motifs is 4. The Hall–Kier alpha value is -5.20. The van der Waals surface area contributed by atoms with E-state index in [0.717, 1.165) is 32.3 Å². The zero-order valence-corrected chi connectivity index (χ0v) is 20.9. The molecule has 0 aliphatic heterocycles. The van der Waals surface area contributed by atoms with E-state index in [0.29, 0.717) is 5.56 Å². The summed E-state index contributed by atoms with van der Waals surface area (Å²) in [5.41, 5.74) is 0.305. The molecule has 0 atom stereocenters. The van der Waals surface area contributed by atoms with Gasteiger partial charge in [0.2, 0.25) is 0 Å². The van der Waals surface area contributed by atoms with Crippen molar-refractivity contribution < 1.29 is 16.4 Å². The fraction of sp³-hybridized carbons (Fsp3) is 0. The van der Waals surface area contributed by atoms with Crippen LogP contribution in [-0.2, 0) is 0 Å². The molecule has 0 saturated heterocycles. The van der Waals surface area contributed by atoms with Gasteiger partial charge in [-0.3, -0.25) is 0 Å². The lowest BCUT2D eigenvalue weighted by Gasteiger charge is -2.19. The van der Waals surface area contributed by atoms with Crippen molar-refractivity contribution in [2.45, 2.75) is 0 Å². The van der Waals surface area contributed by atoms with Crippen molar-refractivity contribution >= 4 is 64.6 Å². The van der Waals surface area contributed by atoms with E-state index < -0.39 is 48.3 Å². The first-order chi connectivity index (χ1) is 24.8. The fourth-order valence-electron chi connectivity index (χ4n) is 6.12. The Bertz CT molecular complexity index is 3070. The summed E-state index contributed by atoms with van der Waals surface area (Å²) in [5, 5.41) is 5.55. The highest BCUT2D eigenvalue weighted by atomic mass is 14.2. The van der Waals surface area contributed by atoms with Crippen molar-refractivity contribution in [3.8, 4) is 22.3 Å². The molecule has 0 amide bonds. The van der Waals surface area contributed by atoms with E-state index in [-0.39, 0.29) is 73.2 Å². The number of rotatable bonds is 2. The van der Waals surface area contributed by atoms with Gasteiger partial charge in [0.25, 0.3) is 0 Å². The third-order valence-corrected chi connectivity index (χ3v) is 7.84. The van der Waals surface area contributed by atoms with Crippen molar-refractivity contribution in [3.63, 3.8) is 0 Å². The molecule has 9 aromatic rings. The average Bonchev–Trinajstić information content (AvgIpc) is 3.14. The molecule has 0 aromatic heterocycles. The molecule has 0 bridgehead atoms. The van der Waals surface area contributed by atoms with Gasteiger partial charge in [0.05, 0.1) is 16.4 Å². The Balaban J connectivity index is 1.60. The van der Waals surface area contributed by atoms with E-state index in [1.165, 1.54) is 6.07 Å². The van der Waals surface area contributed by atoms with Crippen molar-refractivity contribution in [3.05, 3.63) is 145 Å². The number of hydrogen-bond donors (Lipinski definition) is 0. The topological polar surface area (TPSA) is 0 Å². The maximum absolute atomic E-state index is 9.56. The zero-order valence-electron chi connectivity index (χ0n) is 32.9. The molecule has 0 heterocycles. The van der Waals surface area contributed by atoms with E-state index in [4.69, 9.17) is 9.60 Å². The first-order valence-corrected chi connectivity index (χ1v) is 13.0. The van der Waals surface area contributed by atoms with Crippen LogP contribution >= 0.6 is 0 Å². The van der Waals surface area contributed by atoms with Crippen LogP contribution in [0.4, 0.5) is 0 Å². The van der Waals surface area contributed by atoms with E-state index in [9.17, 15) is 6.85 Å². The minimum atomic E-state index is -0.627. The van der Waals surface area contributed by atoms with Gasteiger partial charge < -0.3 is 0 Å². The molecule has 9 rings (SSSR count). The van der Waals surface area contributed by atoms with Gasteiger partial charge in [-0.15, -0.1) is 0 Å². The van der Waals surface area contributed by atoms with E-state index in [1.807, 2.05) is 60.7 Å². The smallest absolute Gasteiger partial charge is 0.0622 e. The summed E-state index contributed by atoms with van der Waals surface area (Å²) in [6, 6.07) is 17.3. The van der Waals surface area contributed by atoms with Gasteiger partial charge in [-0.2, -0.15) is 0 Å². The Morgan fingerprint density at radius 3 is 1.93 bits per heavy atom. The lowest BCUT2D eigenvalue weighted by Crippen LogP contribution is -1.91. The van der Waals surface area contributed by atoms with Crippen LogP contribution in [0, 0.1) is 0 Å².